The number of hydrogen-bond donors (Lipinski definition) is 1. The molecule has 1 amide bonds. The average molecular weight is 362 g/mol. The number of carbonyl (C=O) groups excluding carboxylic acids is 1. The van der Waals surface area contributed by atoms with Crippen molar-refractivity contribution in [2.75, 3.05) is 14.1 Å². The van der Waals surface area contributed by atoms with E-state index in [2.05, 4.69) is 45.3 Å². The monoisotopic (exact) mass is 361 g/mol. The molecule has 1 rings (SSSR count). The second kappa shape index (κ2) is 12.9. The van der Waals surface area contributed by atoms with Crippen molar-refractivity contribution in [1.82, 2.24) is 0 Å². The summed E-state index contributed by atoms with van der Waals surface area (Å²) in [4.78, 5) is 12.0. The van der Waals surface area contributed by atoms with Gasteiger partial charge in [0.1, 0.15) is 6.54 Å². The summed E-state index contributed by atoms with van der Waals surface area (Å²) in [5.41, 5.74) is 7.00. The van der Waals surface area contributed by atoms with Gasteiger partial charge in [0, 0.05) is 12.0 Å². The summed E-state index contributed by atoms with van der Waals surface area (Å²) in [5, 5.41) is 0. The van der Waals surface area contributed by atoms with E-state index in [1.54, 1.807) is 0 Å². The van der Waals surface area contributed by atoms with Gasteiger partial charge in [-0.25, -0.2) is 0 Å². The lowest BCUT2D eigenvalue weighted by Crippen LogP contribution is -2.54. The SMILES string of the molecule is CCCCCCCCCCCCC(C(N)=O)[N+](C)(C)Cc1ccccc1. The summed E-state index contributed by atoms with van der Waals surface area (Å²) in [6.45, 7) is 3.10. The Hall–Kier alpha value is -1.35. The molecule has 2 N–H and O–H groups in total. The van der Waals surface area contributed by atoms with Gasteiger partial charge in [0.15, 0.2) is 6.04 Å². The van der Waals surface area contributed by atoms with Crippen LogP contribution in [0.1, 0.15) is 83.1 Å². The molecule has 0 aromatic heterocycles. The molecular formula is C23H41N2O+. The molecule has 3 nitrogen and oxygen atoms in total. The van der Waals surface area contributed by atoms with Crippen molar-refractivity contribution in [2.45, 2.75) is 90.1 Å². The van der Waals surface area contributed by atoms with Gasteiger partial charge in [-0.05, 0) is 6.42 Å². The van der Waals surface area contributed by atoms with Gasteiger partial charge in [-0.1, -0.05) is 95.0 Å². The Kier molecular flexibility index (Phi) is 11.3. The lowest BCUT2D eigenvalue weighted by molar-refractivity contribution is -0.919. The second-order valence-corrected chi connectivity index (χ2v) is 8.31. The van der Waals surface area contributed by atoms with Crippen LogP contribution in [0.5, 0.6) is 0 Å². The number of unbranched alkanes of at least 4 members (excludes halogenated alkanes) is 9. The second-order valence-electron chi connectivity index (χ2n) is 8.31. The Morgan fingerprint density at radius 2 is 1.38 bits per heavy atom. The van der Waals surface area contributed by atoms with Gasteiger partial charge in [0.25, 0.3) is 5.91 Å². The minimum atomic E-state index is -0.165. The molecule has 0 aliphatic heterocycles. The zero-order valence-electron chi connectivity index (χ0n) is 17.4. The molecule has 0 aliphatic rings. The number of quaternary nitrogens is 1. The fourth-order valence-electron chi connectivity index (χ4n) is 3.83. The Balaban J connectivity index is 2.27. The minimum absolute atomic E-state index is 0.107. The predicted octanol–water partition coefficient (Wildman–Crippen LogP) is 5.43. The van der Waals surface area contributed by atoms with E-state index >= 15 is 0 Å². The number of nitrogens with zero attached hydrogens (tertiary/aromatic N) is 1. The van der Waals surface area contributed by atoms with Crippen LogP contribution in [0.2, 0.25) is 0 Å². The third-order valence-electron chi connectivity index (χ3n) is 5.44. The normalized spacial score (nSPS) is 12.9. The van der Waals surface area contributed by atoms with Crippen LogP contribution in [0.15, 0.2) is 30.3 Å². The van der Waals surface area contributed by atoms with Crippen LogP contribution in [-0.2, 0) is 11.3 Å². The molecule has 1 atom stereocenters. The molecule has 1 unspecified atom stereocenters. The van der Waals surface area contributed by atoms with Crippen molar-refractivity contribution in [3.63, 3.8) is 0 Å². The lowest BCUT2D eigenvalue weighted by atomic mass is 10.0. The molecule has 0 saturated carbocycles. The molecule has 1 aromatic carbocycles. The lowest BCUT2D eigenvalue weighted by Gasteiger charge is -2.36. The molecule has 1 aromatic rings. The van der Waals surface area contributed by atoms with Crippen LogP contribution in [0.25, 0.3) is 0 Å². The van der Waals surface area contributed by atoms with Gasteiger partial charge >= 0.3 is 0 Å². The van der Waals surface area contributed by atoms with Crippen LogP contribution in [0.4, 0.5) is 0 Å². The number of primary amides is 1. The highest BCUT2D eigenvalue weighted by Gasteiger charge is 2.32. The van der Waals surface area contributed by atoms with E-state index < -0.39 is 0 Å². The summed E-state index contributed by atoms with van der Waals surface area (Å²) in [6, 6.07) is 10.3. The standard InChI is InChI=1S/C23H40N2O/c1-4-5-6-7-8-9-10-11-12-16-19-22(23(24)26)25(2,3)20-21-17-14-13-15-18-21/h13-15,17-18,22H,4-12,16,19-20H2,1-3H3,(H-,24,26)/p+1. The number of rotatable bonds is 15. The van der Waals surface area contributed by atoms with Crippen LogP contribution in [-0.4, -0.2) is 30.5 Å². The molecule has 0 spiro atoms. The first-order valence-electron chi connectivity index (χ1n) is 10.6. The zero-order valence-corrected chi connectivity index (χ0v) is 17.4. The predicted molar refractivity (Wildman–Crippen MR) is 112 cm³/mol. The zero-order chi connectivity index (χ0) is 19.3. The van der Waals surface area contributed by atoms with Gasteiger partial charge in [0.05, 0.1) is 14.1 Å². The summed E-state index contributed by atoms with van der Waals surface area (Å²) >= 11 is 0. The number of likely N-dealkylation sites (N-methyl/N-ethyl adjacent to an activating group) is 1. The van der Waals surface area contributed by atoms with E-state index in [4.69, 9.17) is 5.73 Å². The first kappa shape index (κ1) is 22.7. The Labute approximate surface area is 161 Å². The number of amides is 1. The van der Waals surface area contributed by atoms with Gasteiger partial charge in [-0.15, -0.1) is 0 Å². The van der Waals surface area contributed by atoms with Crippen LogP contribution >= 0.6 is 0 Å². The average Bonchev–Trinajstić information content (AvgIpc) is 2.59. The van der Waals surface area contributed by atoms with Crippen molar-refractivity contribution < 1.29 is 9.28 Å². The highest BCUT2D eigenvalue weighted by atomic mass is 16.1. The van der Waals surface area contributed by atoms with Crippen molar-refractivity contribution in [3.8, 4) is 0 Å². The molecule has 148 valence electrons. The van der Waals surface area contributed by atoms with Gasteiger partial charge in [-0.3, -0.25) is 4.79 Å². The van der Waals surface area contributed by atoms with E-state index in [1.807, 2.05) is 6.07 Å². The summed E-state index contributed by atoms with van der Waals surface area (Å²) in [7, 11) is 4.25. The summed E-state index contributed by atoms with van der Waals surface area (Å²) in [6.07, 6.45) is 14.0. The molecule has 0 aliphatic carbocycles. The molecule has 0 fully saturated rings. The van der Waals surface area contributed by atoms with Crippen LogP contribution in [0.3, 0.4) is 0 Å². The molecule has 3 heteroatoms. The quantitative estimate of drug-likeness (QED) is 0.328. The van der Waals surface area contributed by atoms with Crippen molar-refractivity contribution in [3.05, 3.63) is 35.9 Å². The Morgan fingerprint density at radius 3 is 1.88 bits per heavy atom. The van der Waals surface area contributed by atoms with E-state index in [-0.39, 0.29) is 11.9 Å². The largest absolute Gasteiger partial charge is 0.365 e. The van der Waals surface area contributed by atoms with E-state index in [0.29, 0.717) is 4.48 Å². The van der Waals surface area contributed by atoms with E-state index in [1.165, 1.54) is 63.4 Å². The number of benzene rings is 1. The maximum Gasteiger partial charge on any atom is 0.275 e. The maximum atomic E-state index is 12.0. The fraction of sp³-hybridized carbons (Fsp3) is 0.696. The minimum Gasteiger partial charge on any atom is -0.365 e. The Bertz CT molecular complexity index is 484. The molecule has 26 heavy (non-hydrogen) atoms. The third kappa shape index (κ3) is 9.38. The smallest absolute Gasteiger partial charge is 0.275 e. The molecule has 0 saturated heterocycles. The maximum absolute atomic E-state index is 12.0. The third-order valence-corrected chi connectivity index (χ3v) is 5.44. The highest BCUT2D eigenvalue weighted by molar-refractivity contribution is 5.78. The molecule has 0 bridgehead atoms. The highest BCUT2D eigenvalue weighted by Crippen LogP contribution is 2.20. The molecule has 0 radical (unpaired) electrons. The Morgan fingerprint density at radius 1 is 0.885 bits per heavy atom. The first-order valence-corrected chi connectivity index (χ1v) is 10.6. The van der Waals surface area contributed by atoms with Crippen molar-refractivity contribution >= 4 is 5.91 Å². The molecule has 0 heterocycles. The van der Waals surface area contributed by atoms with Gasteiger partial charge < -0.3 is 10.2 Å². The number of carbonyl (C=O) groups is 1. The van der Waals surface area contributed by atoms with Crippen molar-refractivity contribution in [2.24, 2.45) is 5.73 Å². The number of nitrogens with two attached hydrogens (primary N) is 1. The van der Waals surface area contributed by atoms with Crippen molar-refractivity contribution in [1.29, 1.82) is 0 Å². The fourth-order valence-corrected chi connectivity index (χ4v) is 3.83. The van der Waals surface area contributed by atoms with Crippen LogP contribution < -0.4 is 5.73 Å². The first-order chi connectivity index (χ1) is 12.5. The van der Waals surface area contributed by atoms with Gasteiger partial charge in [0.2, 0.25) is 0 Å². The number of hydrogen-bond acceptors (Lipinski definition) is 1. The van der Waals surface area contributed by atoms with Crippen LogP contribution in [0, 0.1) is 0 Å². The summed E-state index contributed by atoms with van der Waals surface area (Å²) < 4.78 is 0.636. The molecular weight excluding hydrogens is 320 g/mol. The van der Waals surface area contributed by atoms with E-state index in [0.717, 1.165) is 19.4 Å². The van der Waals surface area contributed by atoms with E-state index in [9.17, 15) is 4.79 Å². The topological polar surface area (TPSA) is 43.1 Å². The summed E-state index contributed by atoms with van der Waals surface area (Å²) in [5.74, 6) is -0.165. The van der Waals surface area contributed by atoms with Gasteiger partial charge in [-0.2, -0.15) is 0 Å².